The molecule has 0 saturated heterocycles. The van der Waals surface area contributed by atoms with Crippen molar-refractivity contribution in [2.45, 2.75) is 6.92 Å². The van der Waals surface area contributed by atoms with Gasteiger partial charge in [-0.25, -0.2) is 9.78 Å². The molecule has 0 aliphatic heterocycles. The third-order valence-electron chi connectivity index (χ3n) is 2.48. The Morgan fingerprint density at radius 2 is 2.22 bits per heavy atom. The Bertz CT molecular complexity index is 607. The van der Waals surface area contributed by atoms with E-state index < -0.39 is 5.97 Å². The molecule has 0 spiro atoms. The maximum atomic E-state index is 11.0. The number of aryl methyl sites for hydroxylation is 1. The summed E-state index contributed by atoms with van der Waals surface area (Å²) in [6.07, 6.45) is 0. The van der Waals surface area contributed by atoms with E-state index in [0.717, 1.165) is 0 Å². The summed E-state index contributed by atoms with van der Waals surface area (Å²) < 4.78 is 5.23. The van der Waals surface area contributed by atoms with E-state index >= 15 is 0 Å². The number of carbonyl (C=O) groups is 1. The van der Waals surface area contributed by atoms with E-state index in [4.69, 9.17) is 15.6 Å². The van der Waals surface area contributed by atoms with Crippen LogP contribution in [0.2, 0.25) is 0 Å². The molecule has 0 unspecified atom stereocenters. The number of nitrogens with two attached hydrogens (primary N) is 1. The number of anilines is 1. The third kappa shape index (κ3) is 2.02. The normalized spacial score (nSPS) is 10.3. The molecule has 1 aromatic heterocycles. The lowest BCUT2D eigenvalue weighted by Crippen LogP contribution is -1.99. The first kappa shape index (κ1) is 12.4. The summed E-state index contributed by atoms with van der Waals surface area (Å²) in [6, 6.07) is 5.31. The lowest BCUT2D eigenvalue weighted by molar-refractivity contribution is 0.0690. The van der Waals surface area contributed by atoms with Crippen molar-refractivity contribution in [2.24, 2.45) is 0 Å². The van der Waals surface area contributed by atoms with Crippen LogP contribution >= 0.6 is 11.3 Å². The summed E-state index contributed by atoms with van der Waals surface area (Å²) >= 11 is 1.31. The molecule has 0 radical (unpaired) electrons. The van der Waals surface area contributed by atoms with Gasteiger partial charge < -0.3 is 15.6 Å². The molecule has 0 fully saturated rings. The van der Waals surface area contributed by atoms with Crippen molar-refractivity contribution in [2.75, 3.05) is 12.8 Å². The first-order valence-electron chi connectivity index (χ1n) is 5.18. The fraction of sp³-hybridized carbons (Fsp3) is 0.167. The summed E-state index contributed by atoms with van der Waals surface area (Å²) in [7, 11) is 1.52. The van der Waals surface area contributed by atoms with Gasteiger partial charge in [0.25, 0.3) is 0 Å². The van der Waals surface area contributed by atoms with E-state index in [1.807, 2.05) is 0 Å². The molecule has 94 valence electrons. The maximum Gasteiger partial charge on any atom is 0.355 e. The molecule has 2 rings (SSSR count). The van der Waals surface area contributed by atoms with Crippen molar-refractivity contribution in [1.82, 2.24) is 4.98 Å². The zero-order chi connectivity index (χ0) is 13.3. The van der Waals surface area contributed by atoms with Crippen LogP contribution in [0.25, 0.3) is 10.6 Å². The smallest absolute Gasteiger partial charge is 0.355 e. The number of carboxylic acids is 1. The molecule has 0 aliphatic carbocycles. The highest BCUT2D eigenvalue weighted by Crippen LogP contribution is 2.37. The zero-order valence-electron chi connectivity index (χ0n) is 9.93. The molecule has 18 heavy (non-hydrogen) atoms. The van der Waals surface area contributed by atoms with Crippen LogP contribution in [-0.2, 0) is 0 Å². The molecular weight excluding hydrogens is 252 g/mol. The standard InChI is InChI=1S/C12H12N2O3S/c1-6-9(12(15)16)14-11(18-6)7-4-3-5-8(13)10(7)17-2/h3-5H,13H2,1-2H3,(H,15,16). The van der Waals surface area contributed by atoms with Crippen molar-refractivity contribution in [1.29, 1.82) is 0 Å². The number of aromatic carboxylic acids is 1. The fourth-order valence-electron chi connectivity index (χ4n) is 1.66. The number of benzene rings is 1. The Morgan fingerprint density at radius 1 is 1.50 bits per heavy atom. The number of hydrogen-bond acceptors (Lipinski definition) is 5. The average Bonchev–Trinajstić information content (AvgIpc) is 2.71. The Kier molecular flexibility index (Phi) is 3.20. The molecule has 1 aromatic carbocycles. The molecule has 0 bridgehead atoms. The Labute approximate surface area is 108 Å². The topological polar surface area (TPSA) is 85.4 Å². The number of thiazole rings is 1. The van der Waals surface area contributed by atoms with E-state index in [1.54, 1.807) is 25.1 Å². The Hall–Kier alpha value is -2.08. The molecule has 0 atom stereocenters. The monoisotopic (exact) mass is 264 g/mol. The number of ether oxygens (including phenoxy) is 1. The SMILES string of the molecule is COc1c(N)cccc1-c1nc(C(=O)O)c(C)s1. The van der Waals surface area contributed by atoms with Crippen LogP contribution in [0.15, 0.2) is 18.2 Å². The molecule has 0 amide bonds. The second kappa shape index (κ2) is 4.66. The van der Waals surface area contributed by atoms with Crippen molar-refractivity contribution < 1.29 is 14.6 Å². The van der Waals surface area contributed by atoms with Crippen LogP contribution in [-0.4, -0.2) is 23.2 Å². The van der Waals surface area contributed by atoms with Crippen LogP contribution in [0.1, 0.15) is 15.4 Å². The van der Waals surface area contributed by atoms with E-state index in [1.165, 1.54) is 18.4 Å². The van der Waals surface area contributed by atoms with Crippen molar-refractivity contribution >= 4 is 23.0 Å². The quantitative estimate of drug-likeness (QED) is 0.831. The molecule has 1 heterocycles. The van der Waals surface area contributed by atoms with E-state index in [0.29, 0.717) is 26.9 Å². The first-order chi connectivity index (χ1) is 8.54. The van der Waals surface area contributed by atoms with Crippen molar-refractivity contribution in [3.63, 3.8) is 0 Å². The van der Waals surface area contributed by atoms with Gasteiger partial charge in [-0.3, -0.25) is 0 Å². The fourth-order valence-corrected chi connectivity index (χ4v) is 2.59. The molecule has 2 aromatic rings. The van der Waals surface area contributed by atoms with Crippen LogP contribution in [0.4, 0.5) is 5.69 Å². The lowest BCUT2D eigenvalue weighted by Gasteiger charge is -2.08. The largest absolute Gasteiger partial charge is 0.494 e. The van der Waals surface area contributed by atoms with Gasteiger partial charge in [-0.15, -0.1) is 11.3 Å². The molecular formula is C12H12N2O3S. The van der Waals surface area contributed by atoms with Gasteiger partial charge in [0, 0.05) is 4.88 Å². The number of para-hydroxylation sites is 1. The van der Waals surface area contributed by atoms with Gasteiger partial charge in [0.2, 0.25) is 0 Å². The van der Waals surface area contributed by atoms with Crippen molar-refractivity contribution in [3.05, 3.63) is 28.8 Å². The Balaban J connectivity index is 2.59. The van der Waals surface area contributed by atoms with Crippen LogP contribution in [0, 0.1) is 6.92 Å². The van der Waals surface area contributed by atoms with E-state index in [9.17, 15) is 4.79 Å². The minimum atomic E-state index is -1.03. The van der Waals surface area contributed by atoms with Gasteiger partial charge in [-0.1, -0.05) is 6.07 Å². The number of aromatic nitrogens is 1. The molecule has 5 nitrogen and oxygen atoms in total. The summed E-state index contributed by atoms with van der Waals surface area (Å²) in [5.74, 6) is -0.513. The molecule has 3 N–H and O–H groups in total. The van der Waals surface area contributed by atoms with Gasteiger partial charge >= 0.3 is 5.97 Å². The number of hydrogen-bond donors (Lipinski definition) is 2. The van der Waals surface area contributed by atoms with E-state index in [2.05, 4.69) is 4.98 Å². The van der Waals surface area contributed by atoms with E-state index in [-0.39, 0.29) is 5.69 Å². The number of methoxy groups -OCH3 is 1. The first-order valence-corrected chi connectivity index (χ1v) is 5.99. The van der Waals surface area contributed by atoms with Gasteiger partial charge in [0.05, 0.1) is 18.4 Å². The highest BCUT2D eigenvalue weighted by molar-refractivity contribution is 7.15. The minimum absolute atomic E-state index is 0.0690. The predicted octanol–water partition coefficient (Wildman–Crippen LogP) is 2.41. The summed E-state index contributed by atoms with van der Waals surface area (Å²) in [5.41, 5.74) is 7.08. The van der Waals surface area contributed by atoms with Gasteiger partial charge in [0.15, 0.2) is 11.4 Å². The number of nitrogens with zero attached hydrogens (tertiary/aromatic N) is 1. The predicted molar refractivity (Wildman–Crippen MR) is 70.2 cm³/mol. The third-order valence-corrected chi connectivity index (χ3v) is 3.48. The van der Waals surface area contributed by atoms with Gasteiger partial charge in [0.1, 0.15) is 5.01 Å². The van der Waals surface area contributed by atoms with Crippen LogP contribution in [0.5, 0.6) is 5.75 Å². The molecule has 0 saturated carbocycles. The second-order valence-corrected chi connectivity index (χ2v) is 4.86. The highest BCUT2D eigenvalue weighted by Gasteiger charge is 2.18. The minimum Gasteiger partial charge on any atom is -0.494 e. The zero-order valence-corrected chi connectivity index (χ0v) is 10.7. The van der Waals surface area contributed by atoms with Gasteiger partial charge in [-0.2, -0.15) is 0 Å². The van der Waals surface area contributed by atoms with Gasteiger partial charge in [-0.05, 0) is 19.1 Å². The van der Waals surface area contributed by atoms with Crippen LogP contribution < -0.4 is 10.5 Å². The lowest BCUT2D eigenvalue weighted by atomic mass is 10.2. The Morgan fingerprint density at radius 3 is 2.78 bits per heavy atom. The summed E-state index contributed by atoms with van der Waals surface area (Å²) in [6.45, 7) is 1.73. The number of rotatable bonds is 3. The number of carboxylic acid groups (broad SMARTS) is 1. The molecule has 0 aliphatic rings. The maximum absolute atomic E-state index is 11.0. The average molecular weight is 264 g/mol. The number of nitrogen functional groups attached to an aromatic ring is 1. The van der Waals surface area contributed by atoms with Crippen LogP contribution in [0.3, 0.4) is 0 Å². The molecule has 6 heteroatoms. The second-order valence-electron chi connectivity index (χ2n) is 3.66. The van der Waals surface area contributed by atoms with Crippen molar-refractivity contribution in [3.8, 4) is 16.3 Å². The highest BCUT2D eigenvalue weighted by atomic mass is 32.1. The summed E-state index contributed by atoms with van der Waals surface area (Å²) in [4.78, 5) is 15.7. The summed E-state index contributed by atoms with van der Waals surface area (Å²) in [5, 5.41) is 9.59.